The fourth-order valence-corrected chi connectivity index (χ4v) is 3.87. The second-order valence-electron chi connectivity index (χ2n) is 7.42. The third-order valence-electron chi connectivity index (χ3n) is 5.14. The van der Waals surface area contributed by atoms with Gasteiger partial charge in [0.2, 0.25) is 5.91 Å². The van der Waals surface area contributed by atoms with Gasteiger partial charge in [-0.05, 0) is 50.2 Å². The number of halogens is 1. The number of ether oxygens (including phenoxy) is 1. The van der Waals surface area contributed by atoms with E-state index in [2.05, 4.69) is 10.3 Å². The van der Waals surface area contributed by atoms with Crippen LogP contribution in [0.5, 0.6) is 0 Å². The highest BCUT2D eigenvalue weighted by Crippen LogP contribution is 2.31. The number of carbonyl (C=O) groups excluding carboxylic acids is 3. The number of esters is 1. The van der Waals surface area contributed by atoms with Crippen molar-refractivity contribution < 1.29 is 19.1 Å². The Morgan fingerprint density at radius 3 is 2.81 bits per heavy atom. The molecule has 0 saturated carbocycles. The first-order valence-corrected chi connectivity index (χ1v) is 10.2. The van der Waals surface area contributed by atoms with Gasteiger partial charge < -0.3 is 15.0 Å². The molecule has 1 atom stereocenters. The molecule has 2 amide bonds. The van der Waals surface area contributed by atoms with Gasteiger partial charge in [0.15, 0.2) is 6.61 Å². The van der Waals surface area contributed by atoms with Crippen LogP contribution in [0.15, 0.2) is 48.5 Å². The molecule has 1 aliphatic heterocycles. The van der Waals surface area contributed by atoms with E-state index in [9.17, 15) is 14.4 Å². The Labute approximate surface area is 184 Å². The summed E-state index contributed by atoms with van der Waals surface area (Å²) in [5.41, 5.74) is 2.59. The lowest BCUT2D eigenvalue weighted by molar-refractivity contribution is -0.122. The molecule has 1 N–H and O–H groups in total. The molecular weight excluding hydrogens is 418 g/mol. The van der Waals surface area contributed by atoms with Crippen LogP contribution in [0.2, 0.25) is 5.02 Å². The van der Waals surface area contributed by atoms with E-state index in [4.69, 9.17) is 16.3 Å². The number of anilines is 2. The summed E-state index contributed by atoms with van der Waals surface area (Å²) in [5, 5.41) is 4.03. The number of rotatable bonds is 3. The highest BCUT2D eigenvalue weighted by atomic mass is 35.5. The monoisotopic (exact) mass is 437 g/mol. The van der Waals surface area contributed by atoms with E-state index in [1.54, 1.807) is 62.4 Å². The number of hydrogen-bond acceptors (Lipinski definition) is 5. The molecule has 0 spiro atoms. The number of para-hydroxylation sites is 2. The van der Waals surface area contributed by atoms with Crippen molar-refractivity contribution in [3.63, 3.8) is 0 Å². The first-order chi connectivity index (χ1) is 14.8. The second-order valence-corrected chi connectivity index (χ2v) is 7.85. The molecule has 4 rings (SSSR count). The number of aromatic nitrogens is 1. The van der Waals surface area contributed by atoms with Gasteiger partial charge in [-0.25, -0.2) is 4.79 Å². The van der Waals surface area contributed by atoms with Crippen LogP contribution in [-0.4, -0.2) is 35.4 Å². The summed E-state index contributed by atoms with van der Waals surface area (Å²) < 4.78 is 5.33. The minimum atomic E-state index is -0.648. The molecule has 3 aromatic rings. The Kier molecular flexibility index (Phi) is 5.61. The van der Waals surface area contributed by atoms with E-state index in [1.165, 1.54) is 4.90 Å². The summed E-state index contributed by atoms with van der Waals surface area (Å²) in [4.78, 5) is 43.7. The smallest absolute Gasteiger partial charge is 0.340 e. The summed E-state index contributed by atoms with van der Waals surface area (Å²) in [7, 11) is 0. The Hall–Kier alpha value is -3.45. The number of fused-ring (bicyclic) bond motifs is 2. The van der Waals surface area contributed by atoms with Crippen molar-refractivity contribution in [2.45, 2.75) is 26.3 Å². The molecule has 0 aliphatic carbocycles. The van der Waals surface area contributed by atoms with Gasteiger partial charge in [-0.2, -0.15) is 0 Å². The van der Waals surface area contributed by atoms with Crippen LogP contribution in [0, 0.1) is 6.92 Å². The maximum absolute atomic E-state index is 13.0. The molecule has 8 heteroatoms. The molecule has 2 aromatic carbocycles. The lowest BCUT2D eigenvalue weighted by Crippen LogP contribution is -2.41. The predicted molar refractivity (Wildman–Crippen MR) is 118 cm³/mol. The minimum absolute atomic E-state index is 0.142. The molecule has 31 heavy (non-hydrogen) atoms. The largest absolute Gasteiger partial charge is 0.452 e. The van der Waals surface area contributed by atoms with Gasteiger partial charge in [0, 0.05) is 22.9 Å². The van der Waals surface area contributed by atoms with Crippen molar-refractivity contribution in [1.29, 1.82) is 0 Å². The third-order valence-corrected chi connectivity index (χ3v) is 5.38. The molecular formula is C23H20ClN3O4. The van der Waals surface area contributed by atoms with E-state index < -0.39 is 18.5 Å². The van der Waals surface area contributed by atoms with Crippen molar-refractivity contribution in [3.8, 4) is 0 Å². The molecule has 158 valence electrons. The number of aryl methyl sites for hydroxylation is 1. The second kappa shape index (κ2) is 8.35. The number of hydrogen-bond donors (Lipinski definition) is 1. The van der Waals surface area contributed by atoms with E-state index in [0.717, 1.165) is 0 Å². The number of nitrogens with one attached hydrogen (secondary N) is 1. The summed E-state index contributed by atoms with van der Waals surface area (Å²) in [6, 6.07) is 13.5. The van der Waals surface area contributed by atoms with Gasteiger partial charge in [-0.3, -0.25) is 14.6 Å². The Morgan fingerprint density at radius 2 is 2.00 bits per heavy atom. The van der Waals surface area contributed by atoms with Crippen molar-refractivity contribution >= 4 is 51.7 Å². The lowest BCUT2D eigenvalue weighted by atomic mass is 10.1. The van der Waals surface area contributed by atoms with Gasteiger partial charge in [0.1, 0.15) is 0 Å². The zero-order chi connectivity index (χ0) is 22.1. The van der Waals surface area contributed by atoms with Gasteiger partial charge in [-0.1, -0.05) is 23.7 Å². The maximum atomic E-state index is 13.0. The van der Waals surface area contributed by atoms with Gasteiger partial charge in [0.05, 0.1) is 28.1 Å². The summed E-state index contributed by atoms with van der Waals surface area (Å²) in [6.45, 7) is 3.03. The molecule has 7 nitrogen and oxygen atoms in total. The summed E-state index contributed by atoms with van der Waals surface area (Å²) in [6.07, 6.45) is 0.142. The number of nitrogens with zero attached hydrogens (tertiary/aromatic N) is 2. The van der Waals surface area contributed by atoms with Gasteiger partial charge in [-0.15, -0.1) is 0 Å². The normalized spacial score (nSPS) is 15.8. The van der Waals surface area contributed by atoms with Crippen LogP contribution in [0.25, 0.3) is 10.9 Å². The van der Waals surface area contributed by atoms with E-state index in [1.807, 2.05) is 0 Å². The van der Waals surface area contributed by atoms with Gasteiger partial charge >= 0.3 is 5.97 Å². The molecule has 2 heterocycles. The van der Waals surface area contributed by atoms with E-state index in [-0.39, 0.29) is 23.9 Å². The van der Waals surface area contributed by atoms with Crippen LogP contribution in [0.4, 0.5) is 11.4 Å². The van der Waals surface area contributed by atoms with Crippen molar-refractivity contribution in [1.82, 2.24) is 4.98 Å². The SMILES string of the molecule is Cc1nc2ccc(Cl)cc2cc1C(=O)OCC(=O)N1c2ccccc2NC(=O)CC1C. The Bertz CT molecular complexity index is 1210. The number of pyridine rings is 1. The predicted octanol–water partition coefficient (Wildman–Crippen LogP) is 4.12. The first kappa shape index (κ1) is 20.8. The standard InChI is InChI=1S/C23H20ClN3O4/c1-13-9-21(28)26-19-5-3-4-6-20(19)27(13)22(29)12-31-23(30)17-11-15-10-16(24)7-8-18(15)25-14(17)2/h3-8,10-11,13H,9,12H2,1-2H3,(H,26,28). The van der Waals surface area contributed by atoms with Crippen LogP contribution in [0.1, 0.15) is 29.4 Å². The van der Waals surface area contributed by atoms with Crippen molar-refractivity contribution in [3.05, 3.63) is 64.8 Å². The van der Waals surface area contributed by atoms with E-state index in [0.29, 0.717) is 33.0 Å². The topological polar surface area (TPSA) is 88.6 Å². The molecule has 0 bridgehead atoms. The third kappa shape index (κ3) is 4.22. The molecule has 0 radical (unpaired) electrons. The Balaban J connectivity index is 1.55. The highest BCUT2D eigenvalue weighted by molar-refractivity contribution is 6.31. The van der Waals surface area contributed by atoms with Crippen LogP contribution < -0.4 is 10.2 Å². The Morgan fingerprint density at radius 1 is 1.23 bits per heavy atom. The van der Waals surface area contributed by atoms with Crippen LogP contribution in [0.3, 0.4) is 0 Å². The van der Waals surface area contributed by atoms with Gasteiger partial charge in [0.25, 0.3) is 5.91 Å². The van der Waals surface area contributed by atoms with E-state index >= 15 is 0 Å². The molecule has 1 unspecified atom stereocenters. The molecule has 1 aliphatic rings. The molecule has 0 saturated heterocycles. The average Bonchev–Trinajstić information content (AvgIpc) is 2.85. The zero-order valence-corrected chi connectivity index (χ0v) is 17.8. The van der Waals surface area contributed by atoms with Crippen LogP contribution in [-0.2, 0) is 14.3 Å². The molecule has 0 fully saturated rings. The fraction of sp³-hybridized carbons (Fsp3) is 0.217. The lowest BCUT2D eigenvalue weighted by Gasteiger charge is -2.27. The number of amides is 2. The van der Waals surface area contributed by atoms with Crippen molar-refractivity contribution in [2.24, 2.45) is 0 Å². The highest BCUT2D eigenvalue weighted by Gasteiger charge is 2.30. The van der Waals surface area contributed by atoms with Crippen LogP contribution >= 0.6 is 11.6 Å². The fourth-order valence-electron chi connectivity index (χ4n) is 3.69. The number of benzene rings is 2. The average molecular weight is 438 g/mol. The number of carbonyl (C=O) groups is 3. The minimum Gasteiger partial charge on any atom is -0.452 e. The molecule has 1 aromatic heterocycles. The quantitative estimate of drug-likeness (QED) is 0.623. The summed E-state index contributed by atoms with van der Waals surface area (Å²) in [5.74, 6) is -1.24. The maximum Gasteiger partial charge on any atom is 0.340 e. The zero-order valence-electron chi connectivity index (χ0n) is 17.0. The summed E-state index contributed by atoms with van der Waals surface area (Å²) >= 11 is 6.03. The first-order valence-electron chi connectivity index (χ1n) is 9.78. The van der Waals surface area contributed by atoms with Crippen molar-refractivity contribution in [2.75, 3.05) is 16.8 Å².